The maximum absolute atomic E-state index is 6.52. The van der Waals surface area contributed by atoms with Gasteiger partial charge in [-0.25, -0.2) is 9.13 Å². The normalized spacial score (nSPS) is 11.8. The van der Waals surface area contributed by atoms with Gasteiger partial charge in [-0.15, -0.1) is 0 Å². The lowest BCUT2D eigenvalue weighted by Crippen LogP contribution is -3.00. The smallest absolute Gasteiger partial charge is 0.244 e. The van der Waals surface area contributed by atoms with Gasteiger partial charge in [0.25, 0.3) is 0 Å². The minimum Gasteiger partial charge on any atom is -1.00 e. The van der Waals surface area contributed by atoms with Gasteiger partial charge in [0.15, 0.2) is 0 Å². The summed E-state index contributed by atoms with van der Waals surface area (Å²) < 4.78 is 10.4. The number of halogens is 7. The van der Waals surface area contributed by atoms with E-state index in [1.807, 2.05) is 52.1 Å². The number of nitrogens with zero attached hydrogens (tertiary/aromatic N) is 2. The van der Waals surface area contributed by atoms with Crippen molar-refractivity contribution in [2.75, 3.05) is 0 Å². The predicted octanol–water partition coefficient (Wildman–Crippen LogP) is 5.71. The molecule has 0 saturated carbocycles. The average molecular weight is 612 g/mol. The molecule has 35 heavy (non-hydrogen) atoms. The van der Waals surface area contributed by atoms with Gasteiger partial charge >= 0.3 is 0 Å². The molecule has 0 saturated heterocycles. The standard InChI is InChI=1S/C25H19Cl6N2O.ClH/c26-18-3-1-16(22(29)9-18)12-32-7-8-33(15-32)13-25(21-6-5-20(28)11-24(21)31)34-14-17-2-4-19(27)10-23(17)30;/h1-11,15,25H,12-14H2;1H/q+1;/p-1. The molecular formula is C25H19Cl7N2O. The number of hydrogen-bond acceptors (Lipinski definition) is 1. The molecule has 0 aliphatic rings. The van der Waals surface area contributed by atoms with Gasteiger partial charge in [0.05, 0.1) is 6.61 Å². The van der Waals surface area contributed by atoms with E-state index in [4.69, 9.17) is 74.3 Å². The van der Waals surface area contributed by atoms with E-state index in [1.54, 1.807) is 30.3 Å². The van der Waals surface area contributed by atoms with E-state index in [-0.39, 0.29) is 18.5 Å². The lowest BCUT2D eigenvalue weighted by Gasteiger charge is -2.19. The summed E-state index contributed by atoms with van der Waals surface area (Å²) in [5.41, 5.74) is 2.64. The highest BCUT2D eigenvalue weighted by molar-refractivity contribution is 6.36. The van der Waals surface area contributed by atoms with Crippen LogP contribution in [-0.2, 0) is 24.4 Å². The Bertz CT molecular complexity index is 1310. The Hall–Kier alpha value is -1.14. The van der Waals surface area contributed by atoms with Crippen LogP contribution in [0.5, 0.6) is 0 Å². The molecule has 4 aromatic rings. The fraction of sp³-hybridized carbons (Fsp3) is 0.160. The molecule has 0 bridgehead atoms. The first kappa shape index (κ1) is 28.4. The maximum atomic E-state index is 6.52. The molecule has 0 N–H and O–H groups in total. The zero-order valence-electron chi connectivity index (χ0n) is 18.1. The molecule has 1 atom stereocenters. The first-order valence-electron chi connectivity index (χ1n) is 10.3. The minimum absolute atomic E-state index is 0. The summed E-state index contributed by atoms with van der Waals surface area (Å²) in [4.78, 5) is 0. The van der Waals surface area contributed by atoms with E-state index in [2.05, 4.69) is 0 Å². The second-order valence-corrected chi connectivity index (χ2v) is 10.3. The Labute approximate surface area is 240 Å². The highest BCUT2D eigenvalue weighted by Gasteiger charge is 2.21. The molecule has 4 rings (SSSR count). The van der Waals surface area contributed by atoms with Crippen molar-refractivity contribution in [3.05, 3.63) is 120 Å². The third kappa shape index (κ3) is 7.67. The lowest BCUT2D eigenvalue weighted by atomic mass is 10.1. The predicted molar refractivity (Wildman–Crippen MR) is 141 cm³/mol. The summed E-state index contributed by atoms with van der Waals surface area (Å²) in [7, 11) is 0. The molecule has 1 heterocycles. The topological polar surface area (TPSA) is 18.0 Å². The van der Waals surface area contributed by atoms with E-state index in [0.29, 0.717) is 49.8 Å². The number of rotatable bonds is 8. The van der Waals surface area contributed by atoms with Crippen LogP contribution in [0.1, 0.15) is 22.8 Å². The number of ether oxygens (including phenoxy) is 1. The van der Waals surface area contributed by atoms with Gasteiger partial charge in [-0.05, 0) is 42.0 Å². The third-order valence-electron chi connectivity index (χ3n) is 5.26. The highest BCUT2D eigenvalue weighted by Crippen LogP contribution is 2.31. The molecule has 3 nitrogen and oxygen atoms in total. The van der Waals surface area contributed by atoms with E-state index >= 15 is 0 Å². The summed E-state index contributed by atoms with van der Waals surface area (Å²) in [5, 5.41) is 3.45. The molecule has 1 unspecified atom stereocenters. The molecule has 0 amide bonds. The highest BCUT2D eigenvalue weighted by atomic mass is 35.5. The molecular weight excluding hydrogens is 592 g/mol. The van der Waals surface area contributed by atoms with E-state index in [0.717, 1.165) is 16.7 Å². The second-order valence-electron chi connectivity index (χ2n) is 7.72. The van der Waals surface area contributed by atoms with Crippen molar-refractivity contribution in [2.45, 2.75) is 25.8 Å². The molecule has 3 aromatic carbocycles. The van der Waals surface area contributed by atoms with Crippen molar-refractivity contribution < 1.29 is 21.7 Å². The number of imidazole rings is 1. The fourth-order valence-corrected chi connectivity index (χ4v) is 4.97. The molecule has 1 aromatic heterocycles. The summed E-state index contributed by atoms with van der Waals surface area (Å²) in [5.74, 6) is 0. The molecule has 0 spiro atoms. The van der Waals surface area contributed by atoms with Crippen molar-refractivity contribution in [3.63, 3.8) is 0 Å². The summed E-state index contributed by atoms with van der Waals surface area (Å²) in [6, 6.07) is 16.2. The van der Waals surface area contributed by atoms with Gasteiger partial charge < -0.3 is 17.1 Å². The van der Waals surface area contributed by atoms with Crippen molar-refractivity contribution in [1.29, 1.82) is 0 Å². The third-order valence-corrected chi connectivity index (χ3v) is 6.99. The van der Waals surface area contributed by atoms with Crippen LogP contribution in [0.2, 0.25) is 30.1 Å². The van der Waals surface area contributed by atoms with Gasteiger partial charge in [0.2, 0.25) is 6.33 Å². The zero-order valence-corrected chi connectivity index (χ0v) is 23.4. The fourth-order valence-electron chi connectivity index (χ4n) is 3.51. The summed E-state index contributed by atoms with van der Waals surface area (Å²) in [6.45, 7) is 1.42. The van der Waals surface area contributed by atoms with Crippen molar-refractivity contribution in [1.82, 2.24) is 4.57 Å². The quantitative estimate of drug-likeness (QED) is 0.234. The molecule has 10 heteroatoms. The Kier molecular flexibility index (Phi) is 10.5. The van der Waals surface area contributed by atoms with E-state index < -0.39 is 0 Å². The van der Waals surface area contributed by atoms with Crippen molar-refractivity contribution >= 4 is 69.6 Å². The van der Waals surface area contributed by atoms with Gasteiger partial charge in [-0.3, -0.25) is 0 Å². The van der Waals surface area contributed by atoms with Crippen LogP contribution in [0.15, 0.2) is 73.3 Å². The van der Waals surface area contributed by atoms with Crippen LogP contribution in [0, 0.1) is 0 Å². The van der Waals surface area contributed by atoms with Gasteiger partial charge in [0.1, 0.15) is 31.6 Å². The number of hydrogen-bond donors (Lipinski definition) is 0. The molecule has 184 valence electrons. The monoisotopic (exact) mass is 608 g/mol. The number of aromatic nitrogens is 2. The second kappa shape index (κ2) is 12.9. The average Bonchev–Trinajstić information content (AvgIpc) is 3.21. The minimum atomic E-state index is -0.350. The van der Waals surface area contributed by atoms with Crippen molar-refractivity contribution in [2.24, 2.45) is 0 Å². The Balaban J connectivity index is 0.00000342. The van der Waals surface area contributed by atoms with Crippen LogP contribution in [0.4, 0.5) is 0 Å². The Morgan fingerprint density at radius 1 is 0.743 bits per heavy atom. The van der Waals surface area contributed by atoms with Crippen LogP contribution >= 0.6 is 69.6 Å². The molecule has 0 radical (unpaired) electrons. The lowest BCUT2D eigenvalue weighted by molar-refractivity contribution is -0.687. The van der Waals surface area contributed by atoms with Crippen LogP contribution in [0.25, 0.3) is 0 Å². The van der Waals surface area contributed by atoms with Crippen LogP contribution in [-0.4, -0.2) is 4.57 Å². The Morgan fingerprint density at radius 3 is 1.91 bits per heavy atom. The SMILES string of the molecule is Clc1ccc(COC(Cn2cc[n+](Cc3ccc(Cl)cc3Cl)c2)c2ccc(Cl)cc2Cl)c(Cl)c1.[Cl-]. The molecule has 0 aliphatic carbocycles. The van der Waals surface area contributed by atoms with Gasteiger partial charge in [-0.1, -0.05) is 87.8 Å². The van der Waals surface area contributed by atoms with Gasteiger partial charge in [-0.2, -0.15) is 0 Å². The summed E-state index contributed by atoms with van der Waals surface area (Å²) in [6.07, 6.45) is 5.58. The number of benzene rings is 3. The van der Waals surface area contributed by atoms with E-state index in [1.165, 1.54) is 0 Å². The Morgan fingerprint density at radius 2 is 1.31 bits per heavy atom. The molecule has 0 fully saturated rings. The first-order chi connectivity index (χ1) is 16.3. The van der Waals surface area contributed by atoms with Gasteiger partial charge in [0, 0.05) is 41.3 Å². The zero-order chi connectivity index (χ0) is 24.2. The van der Waals surface area contributed by atoms with Crippen LogP contribution < -0.4 is 17.0 Å². The summed E-state index contributed by atoms with van der Waals surface area (Å²) >= 11 is 37.3. The molecule has 0 aliphatic heterocycles. The van der Waals surface area contributed by atoms with Crippen LogP contribution in [0.3, 0.4) is 0 Å². The van der Waals surface area contributed by atoms with E-state index in [9.17, 15) is 0 Å². The van der Waals surface area contributed by atoms with Crippen molar-refractivity contribution in [3.8, 4) is 0 Å². The maximum Gasteiger partial charge on any atom is 0.244 e. The largest absolute Gasteiger partial charge is 1.00 e. The first-order valence-corrected chi connectivity index (χ1v) is 12.5.